The highest BCUT2D eigenvalue weighted by atomic mass is 127. The van der Waals surface area contributed by atoms with Gasteiger partial charge in [-0.3, -0.25) is 4.67 Å². The smallest absolute Gasteiger partial charge is 0.366 e. The Morgan fingerprint density at radius 2 is 2.16 bits per heavy atom. The van der Waals surface area contributed by atoms with Crippen molar-refractivity contribution in [3.63, 3.8) is 0 Å². The molecule has 0 radical (unpaired) electrons. The largest absolute Gasteiger partial charge is 0.508 e. The first-order valence-corrected chi connectivity index (χ1v) is 9.61. The fourth-order valence-electron chi connectivity index (χ4n) is 3.26. The molecule has 132 valence electrons. The molecule has 0 spiro atoms. The molecule has 0 fully saturated rings. The summed E-state index contributed by atoms with van der Waals surface area (Å²) in [5, 5.41) is 9.92. The molecule has 1 heterocycles. The van der Waals surface area contributed by atoms with E-state index in [2.05, 4.69) is 19.0 Å². The molecule has 1 aliphatic rings. The Morgan fingerprint density at radius 3 is 2.92 bits per heavy atom. The maximum atomic E-state index is 11.7. The first-order valence-electron chi connectivity index (χ1n) is 8.21. The third kappa shape index (κ3) is 4.30. The number of hydrogen-bond acceptors (Lipinski definition) is 5. The molecule has 0 bridgehead atoms. The molecule has 3 rings (SSSR count). The van der Waals surface area contributed by atoms with Gasteiger partial charge in [0, 0.05) is 18.3 Å². The zero-order valence-electron chi connectivity index (χ0n) is 13.7. The Kier molecular flexibility index (Phi) is 6.25. The minimum Gasteiger partial charge on any atom is -0.508 e. The quantitative estimate of drug-likeness (QED) is 0.529. The van der Waals surface area contributed by atoms with E-state index in [1.807, 2.05) is 24.3 Å². The number of pyridine rings is 1. The minimum atomic E-state index is -0.409. The van der Waals surface area contributed by atoms with E-state index in [9.17, 15) is 9.90 Å². The van der Waals surface area contributed by atoms with Gasteiger partial charge in [-0.2, -0.15) is 0 Å². The Labute approximate surface area is 163 Å². The first kappa shape index (κ1) is 18.5. The number of nitrogens with zero attached hydrogens (tertiary/aromatic N) is 2. The van der Waals surface area contributed by atoms with Crippen molar-refractivity contribution in [2.24, 2.45) is 0 Å². The molecule has 2 atom stereocenters. The van der Waals surface area contributed by atoms with Crippen LogP contribution in [0.3, 0.4) is 0 Å². The Hall–Kier alpha value is -1.24. The van der Waals surface area contributed by atoms with Crippen LogP contribution in [0.1, 0.15) is 46.2 Å². The number of phenols is 1. The number of fused-ring (bicyclic) bond motifs is 1. The number of halogens is 1. The third-order valence-electron chi connectivity index (χ3n) is 4.57. The molecule has 5 nitrogen and oxygen atoms in total. The molecular weight excluding hydrogens is 450 g/mol. The number of aromatic nitrogens is 1. The minimum absolute atomic E-state index is 0.247. The van der Waals surface area contributed by atoms with Crippen LogP contribution in [0.2, 0.25) is 0 Å². The second kappa shape index (κ2) is 8.43. The van der Waals surface area contributed by atoms with Crippen LogP contribution in [0.4, 0.5) is 0 Å². The second-order valence-corrected chi connectivity index (χ2v) is 7.23. The summed E-state index contributed by atoms with van der Waals surface area (Å²) in [7, 11) is 2.81. The number of hydrogen-bond donors (Lipinski definition) is 1. The van der Waals surface area contributed by atoms with E-state index < -0.39 is 5.97 Å². The summed E-state index contributed by atoms with van der Waals surface area (Å²) in [6.45, 7) is 0.809. The first-order chi connectivity index (χ1) is 12.1. The number of aromatic hydroxyl groups is 1. The maximum Gasteiger partial charge on any atom is 0.366 e. The summed E-state index contributed by atoms with van der Waals surface area (Å²) in [4.78, 5) is 16.2. The molecule has 2 aromatic rings. The summed E-state index contributed by atoms with van der Waals surface area (Å²) in [6.07, 6.45) is 3.74. The van der Waals surface area contributed by atoms with E-state index >= 15 is 0 Å². The van der Waals surface area contributed by atoms with Gasteiger partial charge in [-0.1, -0.05) is 33.7 Å². The molecule has 0 aliphatic heterocycles. The summed E-state index contributed by atoms with van der Waals surface area (Å²) in [6, 6.07) is 11.4. The lowest BCUT2D eigenvalue weighted by atomic mass is 9.90. The van der Waals surface area contributed by atoms with E-state index in [0.29, 0.717) is 11.4 Å². The number of carbonyl (C=O) groups is 1. The summed E-state index contributed by atoms with van der Waals surface area (Å²) in [5.41, 5.74) is 3.46. The lowest BCUT2D eigenvalue weighted by molar-refractivity contribution is 0.0794. The van der Waals surface area contributed by atoms with Crippen molar-refractivity contribution in [2.45, 2.75) is 31.7 Å². The van der Waals surface area contributed by atoms with Crippen LogP contribution in [0, 0.1) is 0 Å². The van der Waals surface area contributed by atoms with Crippen LogP contribution in [-0.2, 0) is 15.9 Å². The zero-order valence-corrected chi connectivity index (χ0v) is 17.0. The van der Waals surface area contributed by atoms with E-state index in [0.717, 1.165) is 43.5 Å². The van der Waals surface area contributed by atoms with Gasteiger partial charge >= 0.3 is 5.97 Å². The van der Waals surface area contributed by atoms with Gasteiger partial charge in [-0.15, -0.1) is 0 Å². The molecular formula is C18H20IN2O3P. The SMILES string of the molecule is O=C(OI)c1ccc2c(n1)CCCC2N(P)CCc1ccccc1O. The molecule has 1 aliphatic carbocycles. The fraction of sp³-hybridized carbons (Fsp3) is 0.333. The third-order valence-corrected chi connectivity index (χ3v) is 5.59. The van der Waals surface area contributed by atoms with Crippen LogP contribution in [-0.4, -0.2) is 27.3 Å². The van der Waals surface area contributed by atoms with Crippen molar-refractivity contribution >= 4 is 38.4 Å². The van der Waals surface area contributed by atoms with Crippen LogP contribution in [0.5, 0.6) is 5.75 Å². The molecule has 1 N–H and O–H groups in total. The zero-order chi connectivity index (χ0) is 17.8. The van der Waals surface area contributed by atoms with Crippen molar-refractivity contribution < 1.29 is 13.0 Å². The number of phenolic OH excluding ortho intramolecular Hbond substituents is 1. The molecule has 1 aromatic carbocycles. The normalized spacial score (nSPS) is 16.5. The van der Waals surface area contributed by atoms with Gasteiger partial charge in [0.05, 0.1) is 0 Å². The van der Waals surface area contributed by atoms with E-state index in [1.165, 1.54) is 5.56 Å². The van der Waals surface area contributed by atoms with Crippen LogP contribution >= 0.6 is 32.4 Å². The van der Waals surface area contributed by atoms with Crippen LogP contribution < -0.4 is 0 Å². The van der Waals surface area contributed by atoms with Gasteiger partial charge in [-0.25, -0.2) is 9.78 Å². The molecule has 7 heteroatoms. The average Bonchev–Trinajstić information content (AvgIpc) is 2.65. The lowest BCUT2D eigenvalue weighted by Crippen LogP contribution is -2.26. The monoisotopic (exact) mass is 470 g/mol. The summed E-state index contributed by atoms with van der Waals surface area (Å²) in [5.74, 6) is -0.0682. The standard InChI is InChI=1S/C18H20IN2O3P/c19-24-18(23)15-9-8-13-14(20-15)5-3-6-16(13)21(25)11-10-12-4-1-2-7-17(12)22/h1-2,4,7-9,16,22H,3,5-6,10-11,25H2. The number of rotatable bonds is 5. The predicted octanol–water partition coefficient (Wildman–Crippen LogP) is 4.01. The molecule has 25 heavy (non-hydrogen) atoms. The number of aryl methyl sites for hydroxylation is 1. The van der Waals surface area contributed by atoms with Crippen LogP contribution in [0.15, 0.2) is 36.4 Å². The number of carbonyl (C=O) groups excluding carboxylic acids is 1. The van der Waals surface area contributed by atoms with Gasteiger partial charge in [-0.05, 0) is 48.9 Å². The average molecular weight is 470 g/mol. The van der Waals surface area contributed by atoms with Crippen molar-refractivity contribution in [3.8, 4) is 5.75 Å². The Balaban J connectivity index is 1.73. The summed E-state index contributed by atoms with van der Waals surface area (Å²) >= 11 is 1.58. The highest BCUT2D eigenvalue weighted by molar-refractivity contribution is 14.1. The summed E-state index contributed by atoms with van der Waals surface area (Å²) < 4.78 is 6.96. The Morgan fingerprint density at radius 1 is 1.36 bits per heavy atom. The Bertz CT molecular complexity index is 772. The topological polar surface area (TPSA) is 62.7 Å². The highest BCUT2D eigenvalue weighted by Crippen LogP contribution is 2.35. The van der Waals surface area contributed by atoms with Crippen molar-refractivity contribution in [1.29, 1.82) is 0 Å². The fourth-order valence-corrected chi connectivity index (χ4v) is 3.92. The molecule has 0 saturated heterocycles. The molecule has 1 aromatic heterocycles. The maximum absolute atomic E-state index is 11.7. The van der Waals surface area contributed by atoms with Crippen molar-refractivity contribution in [2.75, 3.05) is 6.54 Å². The number of benzene rings is 1. The van der Waals surface area contributed by atoms with Gasteiger partial charge in [0.25, 0.3) is 0 Å². The lowest BCUT2D eigenvalue weighted by Gasteiger charge is -2.32. The number of para-hydroxylation sites is 1. The second-order valence-electron chi connectivity index (χ2n) is 6.12. The van der Waals surface area contributed by atoms with Gasteiger partial charge < -0.3 is 8.17 Å². The van der Waals surface area contributed by atoms with E-state index in [4.69, 9.17) is 3.07 Å². The van der Waals surface area contributed by atoms with E-state index in [1.54, 1.807) is 35.1 Å². The van der Waals surface area contributed by atoms with Crippen molar-refractivity contribution in [3.05, 3.63) is 58.9 Å². The molecule has 0 amide bonds. The molecule has 2 unspecified atom stereocenters. The van der Waals surface area contributed by atoms with E-state index in [-0.39, 0.29) is 6.04 Å². The van der Waals surface area contributed by atoms with Gasteiger partial charge in [0.1, 0.15) is 11.4 Å². The van der Waals surface area contributed by atoms with Crippen LogP contribution in [0.25, 0.3) is 0 Å². The van der Waals surface area contributed by atoms with Gasteiger partial charge in [0.2, 0.25) is 0 Å². The highest BCUT2D eigenvalue weighted by Gasteiger charge is 2.26. The van der Waals surface area contributed by atoms with Gasteiger partial charge in [0.15, 0.2) is 23.0 Å². The van der Waals surface area contributed by atoms with Crippen molar-refractivity contribution in [1.82, 2.24) is 9.65 Å². The predicted molar refractivity (Wildman–Crippen MR) is 108 cm³/mol. The molecule has 0 saturated carbocycles.